The summed E-state index contributed by atoms with van der Waals surface area (Å²) < 4.78 is 10.4. The summed E-state index contributed by atoms with van der Waals surface area (Å²) >= 11 is 0. The van der Waals surface area contributed by atoms with Crippen molar-refractivity contribution in [1.29, 1.82) is 0 Å². The van der Waals surface area contributed by atoms with E-state index < -0.39 is 0 Å². The Morgan fingerprint density at radius 1 is 1.56 bits per heavy atom. The molecule has 1 aliphatic rings. The molecule has 1 saturated heterocycles. The molecular weight excluding hydrogens is 116 g/mol. The first-order valence-corrected chi connectivity index (χ1v) is 3.47. The summed E-state index contributed by atoms with van der Waals surface area (Å²) in [5, 5.41) is 0. The highest BCUT2D eigenvalue weighted by Crippen LogP contribution is 2.18. The maximum Gasteiger partial charge on any atom is 0.0812 e. The highest BCUT2D eigenvalue weighted by Gasteiger charge is 2.20. The van der Waals surface area contributed by atoms with Crippen LogP contribution in [0.4, 0.5) is 0 Å². The van der Waals surface area contributed by atoms with Crippen molar-refractivity contribution in [3.63, 3.8) is 0 Å². The number of rotatable bonds is 2. The zero-order valence-electron chi connectivity index (χ0n) is 6.09. The Labute approximate surface area is 56.2 Å². The second kappa shape index (κ2) is 3.18. The first kappa shape index (κ1) is 7.03. The second-order valence-electron chi connectivity index (χ2n) is 2.60. The molecule has 2 atom stereocenters. The van der Waals surface area contributed by atoms with Gasteiger partial charge in [-0.05, 0) is 19.8 Å². The number of ether oxygens (including phenoxy) is 2. The molecule has 0 bridgehead atoms. The largest absolute Gasteiger partial charge is 0.382 e. The van der Waals surface area contributed by atoms with Crippen LogP contribution in [-0.4, -0.2) is 25.9 Å². The molecule has 1 rings (SSSR count). The van der Waals surface area contributed by atoms with Crippen molar-refractivity contribution in [2.75, 3.05) is 13.7 Å². The highest BCUT2D eigenvalue weighted by molar-refractivity contribution is 4.69. The summed E-state index contributed by atoms with van der Waals surface area (Å²) in [5.41, 5.74) is 0. The van der Waals surface area contributed by atoms with E-state index in [-0.39, 0.29) is 0 Å². The van der Waals surface area contributed by atoms with Gasteiger partial charge in [-0.2, -0.15) is 0 Å². The van der Waals surface area contributed by atoms with E-state index in [4.69, 9.17) is 9.47 Å². The molecule has 0 saturated carbocycles. The van der Waals surface area contributed by atoms with Crippen LogP contribution in [-0.2, 0) is 9.47 Å². The van der Waals surface area contributed by atoms with Crippen molar-refractivity contribution < 1.29 is 9.47 Å². The van der Waals surface area contributed by atoms with Crippen LogP contribution in [0.3, 0.4) is 0 Å². The Kier molecular flexibility index (Phi) is 2.49. The Hall–Kier alpha value is -0.0800. The zero-order valence-corrected chi connectivity index (χ0v) is 6.09. The van der Waals surface area contributed by atoms with E-state index in [2.05, 4.69) is 6.92 Å². The molecule has 0 aromatic carbocycles. The van der Waals surface area contributed by atoms with Gasteiger partial charge in [-0.15, -0.1) is 0 Å². The highest BCUT2D eigenvalue weighted by atomic mass is 16.5. The van der Waals surface area contributed by atoms with Crippen LogP contribution in [0.25, 0.3) is 0 Å². The predicted octanol–water partition coefficient (Wildman–Crippen LogP) is 1.20. The molecule has 0 N–H and O–H groups in total. The van der Waals surface area contributed by atoms with Crippen molar-refractivity contribution in [2.45, 2.75) is 32.0 Å². The molecule has 1 heterocycles. The van der Waals surface area contributed by atoms with Crippen molar-refractivity contribution in [1.82, 2.24) is 0 Å². The number of hydrogen-bond donors (Lipinski definition) is 0. The molecule has 2 heteroatoms. The second-order valence-corrected chi connectivity index (χ2v) is 2.60. The number of hydrogen-bond acceptors (Lipinski definition) is 2. The van der Waals surface area contributed by atoms with Gasteiger partial charge in [0.2, 0.25) is 0 Å². The van der Waals surface area contributed by atoms with Crippen LogP contribution in [0.15, 0.2) is 0 Å². The van der Waals surface area contributed by atoms with E-state index >= 15 is 0 Å². The lowest BCUT2D eigenvalue weighted by molar-refractivity contribution is 0.00553. The van der Waals surface area contributed by atoms with E-state index in [1.165, 1.54) is 6.42 Å². The molecule has 0 aromatic heterocycles. The Morgan fingerprint density at radius 2 is 2.33 bits per heavy atom. The van der Waals surface area contributed by atoms with Gasteiger partial charge in [0.1, 0.15) is 0 Å². The van der Waals surface area contributed by atoms with Crippen LogP contribution >= 0.6 is 0 Å². The van der Waals surface area contributed by atoms with Gasteiger partial charge in [-0.3, -0.25) is 0 Å². The third kappa shape index (κ3) is 1.95. The lowest BCUT2D eigenvalue weighted by Gasteiger charge is -2.08. The normalized spacial score (nSPS) is 35.3. The molecule has 1 aliphatic heterocycles. The molecule has 54 valence electrons. The fourth-order valence-corrected chi connectivity index (χ4v) is 1.19. The predicted molar refractivity (Wildman–Crippen MR) is 35.4 cm³/mol. The summed E-state index contributed by atoms with van der Waals surface area (Å²) in [7, 11) is 1.71. The monoisotopic (exact) mass is 130 g/mol. The first-order chi connectivity index (χ1) is 4.33. The summed E-state index contributed by atoms with van der Waals surface area (Å²) in [6.07, 6.45) is 3.17. The van der Waals surface area contributed by atoms with Crippen LogP contribution in [0.2, 0.25) is 0 Å². The minimum Gasteiger partial charge on any atom is -0.382 e. The van der Waals surface area contributed by atoms with E-state index in [1.807, 2.05) is 0 Å². The molecule has 0 amide bonds. The molecule has 0 aliphatic carbocycles. The zero-order chi connectivity index (χ0) is 6.69. The van der Waals surface area contributed by atoms with Crippen LogP contribution in [0, 0.1) is 0 Å². The van der Waals surface area contributed by atoms with E-state index in [1.54, 1.807) is 7.11 Å². The molecule has 2 nitrogen and oxygen atoms in total. The molecule has 0 aromatic rings. The minimum absolute atomic E-state index is 0.366. The van der Waals surface area contributed by atoms with Gasteiger partial charge in [-0.1, -0.05) is 0 Å². The summed E-state index contributed by atoms with van der Waals surface area (Å²) in [6.45, 7) is 2.86. The van der Waals surface area contributed by atoms with Gasteiger partial charge in [0.05, 0.1) is 18.8 Å². The molecule has 9 heavy (non-hydrogen) atoms. The van der Waals surface area contributed by atoms with Crippen molar-refractivity contribution in [2.24, 2.45) is 0 Å². The van der Waals surface area contributed by atoms with Crippen LogP contribution in [0.5, 0.6) is 0 Å². The quantitative estimate of drug-likeness (QED) is 0.559. The SMILES string of the molecule is COCC1CCC(C)O1. The average molecular weight is 130 g/mol. The Bertz CT molecular complexity index is 81.0. The average Bonchev–Trinajstić information content (AvgIpc) is 2.17. The van der Waals surface area contributed by atoms with Gasteiger partial charge in [0.25, 0.3) is 0 Å². The first-order valence-electron chi connectivity index (χ1n) is 3.47. The van der Waals surface area contributed by atoms with Gasteiger partial charge in [-0.25, -0.2) is 0 Å². The third-order valence-corrected chi connectivity index (χ3v) is 1.67. The molecule has 0 spiro atoms. The summed E-state index contributed by atoms with van der Waals surface area (Å²) in [6, 6.07) is 0. The fourth-order valence-electron chi connectivity index (χ4n) is 1.19. The maximum atomic E-state index is 5.48. The third-order valence-electron chi connectivity index (χ3n) is 1.67. The molecule has 1 fully saturated rings. The number of methoxy groups -OCH3 is 1. The summed E-state index contributed by atoms with van der Waals surface area (Å²) in [4.78, 5) is 0. The van der Waals surface area contributed by atoms with Gasteiger partial charge >= 0.3 is 0 Å². The van der Waals surface area contributed by atoms with E-state index in [0.717, 1.165) is 13.0 Å². The molecular formula is C7H14O2. The fraction of sp³-hybridized carbons (Fsp3) is 1.00. The summed E-state index contributed by atoms with van der Waals surface area (Å²) in [5.74, 6) is 0. The van der Waals surface area contributed by atoms with Crippen molar-refractivity contribution in [3.05, 3.63) is 0 Å². The van der Waals surface area contributed by atoms with Crippen molar-refractivity contribution in [3.8, 4) is 0 Å². The lowest BCUT2D eigenvalue weighted by Crippen LogP contribution is -2.14. The van der Waals surface area contributed by atoms with Gasteiger partial charge < -0.3 is 9.47 Å². The van der Waals surface area contributed by atoms with Crippen LogP contribution < -0.4 is 0 Å². The maximum absolute atomic E-state index is 5.48. The molecule has 0 radical (unpaired) electrons. The van der Waals surface area contributed by atoms with E-state index in [9.17, 15) is 0 Å². The molecule has 2 unspecified atom stereocenters. The Balaban J connectivity index is 2.14. The van der Waals surface area contributed by atoms with Crippen molar-refractivity contribution >= 4 is 0 Å². The smallest absolute Gasteiger partial charge is 0.0812 e. The van der Waals surface area contributed by atoms with Gasteiger partial charge in [0, 0.05) is 7.11 Å². The van der Waals surface area contributed by atoms with E-state index in [0.29, 0.717) is 12.2 Å². The van der Waals surface area contributed by atoms with Gasteiger partial charge in [0.15, 0.2) is 0 Å². The lowest BCUT2D eigenvalue weighted by atomic mass is 10.2. The Morgan fingerprint density at radius 3 is 2.78 bits per heavy atom. The topological polar surface area (TPSA) is 18.5 Å². The minimum atomic E-state index is 0.366. The standard InChI is InChI=1S/C7H14O2/c1-6-3-4-7(9-6)5-8-2/h6-7H,3-5H2,1-2H3. The van der Waals surface area contributed by atoms with Crippen LogP contribution in [0.1, 0.15) is 19.8 Å².